The molecule has 0 aromatic carbocycles. The lowest BCUT2D eigenvalue weighted by Crippen LogP contribution is -2.66. The number of guanidine groups is 1. The van der Waals surface area contributed by atoms with Gasteiger partial charge in [-0.3, -0.25) is 9.89 Å². The van der Waals surface area contributed by atoms with Gasteiger partial charge in [-0.1, -0.05) is 19.3 Å². The molecule has 144 valence electrons. The molecule has 2 aliphatic carbocycles. The maximum Gasteiger partial charge on any atom is 0.188 e. The standard InChI is InChI=1S/C19H36N4O2/c1-2-25-17-15-16(19(17)7-4-3-5-8-19)22-18(20)21-9-6-10-23-11-13-24-14-12-23/h16-17H,2-15H2,1H3,(H3,20,21,22). The average Bonchev–Trinajstić information content (AvgIpc) is 2.66. The van der Waals surface area contributed by atoms with E-state index in [0.717, 1.165) is 58.8 Å². The van der Waals surface area contributed by atoms with Crippen molar-refractivity contribution in [1.82, 2.24) is 10.2 Å². The van der Waals surface area contributed by atoms with Gasteiger partial charge in [0.05, 0.1) is 19.3 Å². The van der Waals surface area contributed by atoms with Crippen LogP contribution in [0.2, 0.25) is 0 Å². The van der Waals surface area contributed by atoms with Gasteiger partial charge in [0, 0.05) is 44.2 Å². The molecule has 3 rings (SSSR count). The summed E-state index contributed by atoms with van der Waals surface area (Å²) in [5, 5.41) is 3.52. The van der Waals surface area contributed by atoms with Crippen molar-refractivity contribution in [2.75, 3.05) is 46.0 Å². The van der Waals surface area contributed by atoms with Crippen molar-refractivity contribution < 1.29 is 9.47 Å². The van der Waals surface area contributed by atoms with E-state index in [9.17, 15) is 0 Å². The lowest BCUT2D eigenvalue weighted by Gasteiger charge is -2.57. The number of nitrogens with two attached hydrogens (primary N) is 1. The molecule has 25 heavy (non-hydrogen) atoms. The van der Waals surface area contributed by atoms with Crippen molar-refractivity contribution in [3.8, 4) is 0 Å². The molecule has 3 fully saturated rings. The Bertz CT molecular complexity index is 431. The smallest absolute Gasteiger partial charge is 0.188 e. The maximum atomic E-state index is 6.18. The van der Waals surface area contributed by atoms with Gasteiger partial charge in [-0.05, 0) is 32.6 Å². The highest BCUT2D eigenvalue weighted by Gasteiger charge is 2.55. The molecule has 2 unspecified atom stereocenters. The number of hydrogen-bond acceptors (Lipinski definition) is 4. The molecule has 0 amide bonds. The molecule has 1 aliphatic heterocycles. The van der Waals surface area contributed by atoms with Crippen LogP contribution in [0.25, 0.3) is 0 Å². The first-order chi connectivity index (χ1) is 12.2. The third-order valence-corrected chi connectivity index (χ3v) is 6.28. The zero-order valence-corrected chi connectivity index (χ0v) is 15.8. The van der Waals surface area contributed by atoms with Crippen LogP contribution in [0.4, 0.5) is 0 Å². The predicted molar refractivity (Wildman–Crippen MR) is 101 cm³/mol. The number of rotatable bonds is 7. The lowest BCUT2D eigenvalue weighted by atomic mass is 9.55. The van der Waals surface area contributed by atoms with Gasteiger partial charge >= 0.3 is 0 Å². The zero-order valence-electron chi connectivity index (χ0n) is 15.8. The Morgan fingerprint density at radius 1 is 1.28 bits per heavy atom. The van der Waals surface area contributed by atoms with Gasteiger partial charge < -0.3 is 20.5 Å². The SMILES string of the molecule is CCOC1CC(NC(N)=NCCCN2CCOCC2)C12CCCCC2. The fourth-order valence-electron chi connectivity index (χ4n) is 4.81. The molecule has 0 aromatic heterocycles. The lowest BCUT2D eigenvalue weighted by molar-refractivity contribution is -0.145. The van der Waals surface area contributed by atoms with Gasteiger partial charge in [0.25, 0.3) is 0 Å². The molecule has 2 saturated carbocycles. The Balaban J connectivity index is 1.42. The van der Waals surface area contributed by atoms with Crippen LogP contribution in [0.5, 0.6) is 0 Å². The largest absolute Gasteiger partial charge is 0.379 e. The molecule has 0 aromatic rings. The number of nitrogens with one attached hydrogen (secondary N) is 1. The van der Waals surface area contributed by atoms with Crippen molar-refractivity contribution in [2.24, 2.45) is 16.1 Å². The molecule has 1 saturated heterocycles. The molecule has 1 spiro atoms. The molecular formula is C19H36N4O2. The number of morpholine rings is 1. The summed E-state index contributed by atoms with van der Waals surface area (Å²) in [7, 11) is 0. The van der Waals surface area contributed by atoms with Crippen molar-refractivity contribution >= 4 is 5.96 Å². The highest BCUT2D eigenvalue weighted by atomic mass is 16.5. The summed E-state index contributed by atoms with van der Waals surface area (Å²) >= 11 is 0. The predicted octanol–water partition coefficient (Wildman–Crippen LogP) is 1.74. The van der Waals surface area contributed by atoms with E-state index in [2.05, 4.69) is 22.1 Å². The van der Waals surface area contributed by atoms with Gasteiger partial charge in [-0.15, -0.1) is 0 Å². The molecule has 6 heteroatoms. The number of hydrogen-bond donors (Lipinski definition) is 2. The minimum atomic E-state index is 0.294. The molecular weight excluding hydrogens is 316 g/mol. The second-order valence-electron chi connectivity index (χ2n) is 7.74. The quantitative estimate of drug-likeness (QED) is 0.415. The third-order valence-electron chi connectivity index (χ3n) is 6.28. The Morgan fingerprint density at radius 2 is 2.04 bits per heavy atom. The van der Waals surface area contributed by atoms with Crippen molar-refractivity contribution in [2.45, 2.75) is 64.0 Å². The second kappa shape index (κ2) is 9.19. The fraction of sp³-hybridized carbons (Fsp3) is 0.947. The highest BCUT2D eigenvalue weighted by Crippen LogP contribution is 2.53. The van der Waals surface area contributed by atoms with Crippen LogP contribution >= 0.6 is 0 Å². The maximum absolute atomic E-state index is 6.18. The average molecular weight is 353 g/mol. The molecule has 3 aliphatic rings. The Hall–Kier alpha value is -0.850. The van der Waals surface area contributed by atoms with Crippen LogP contribution in [0.3, 0.4) is 0 Å². The van der Waals surface area contributed by atoms with E-state index >= 15 is 0 Å². The Labute approximate surface area is 152 Å². The van der Waals surface area contributed by atoms with E-state index < -0.39 is 0 Å². The van der Waals surface area contributed by atoms with E-state index in [1.807, 2.05) is 0 Å². The van der Waals surface area contributed by atoms with Crippen LogP contribution in [0.1, 0.15) is 51.9 Å². The molecule has 2 atom stereocenters. The van der Waals surface area contributed by atoms with Gasteiger partial charge in [0.1, 0.15) is 0 Å². The summed E-state index contributed by atoms with van der Waals surface area (Å²) in [5.41, 5.74) is 6.47. The zero-order chi connectivity index (χ0) is 17.5. The summed E-state index contributed by atoms with van der Waals surface area (Å²) in [6.45, 7) is 8.59. The number of aliphatic imine (C=N–C) groups is 1. The van der Waals surface area contributed by atoms with E-state index in [1.54, 1.807) is 0 Å². The second-order valence-corrected chi connectivity index (χ2v) is 7.74. The topological polar surface area (TPSA) is 72.1 Å². The molecule has 0 radical (unpaired) electrons. The van der Waals surface area contributed by atoms with Gasteiger partial charge in [0.15, 0.2) is 5.96 Å². The summed E-state index contributed by atoms with van der Waals surface area (Å²) in [5.74, 6) is 0.617. The Morgan fingerprint density at radius 3 is 2.76 bits per heavy atom. The normalized spacial score (nSPS) is 30.2. The van der Waals surface area contributed by atoms with E-state index in [4.69, 9.17) is 15.2 Å². The minimum absolute atomic E-state index is 0.294. The van der Waals surface area contributed by atoms with Gasteiger partial charge in [-0.2, -0.15) is 0 Å². The first-order valence-electron chi connectivity index (χ1n) is 10.2. The van der Waals surface area contributed by atoms with Crippen LogP contribution in [-0.4, -0.2) is 69.0 Å². The van der Waals surface area contributed by atoms with Crippen molar-refractivity contribution in [3.63, 3.8) is 0 Å². The first kappa shape index (κ1) is 18.9. The van der Waals surface area contributed by atoms with Crippen LogP contribution in [-0.2, 0) is 9.47 Å². The van der Waals surface area contributed by atoms with E-state index in [1.165, 1.54) is 32.1 Å². The van der Waals surface area contributed by atoms with E-state index in [-0.39, 0.29) is 0 Å². The minimum Gasteiger partial charge on any atom is -0.379 e. The number of ether oxygens (including phenoxy) is 2. The Kier molecular flexibility index (Phi) is 6.96. The third kappa shape index (κ3) is 4.66. The van der Waals surface area contributed by atoms with Crippen LogP contribution < -0.4 is 11.1 Å². The highest BCUT2D eigenvalue weighted by molar-refractivity contribution is 5.78. The van der Waals surface area contributed by atoms with Gasteiger partial charge in [-0.25, -0.2) is 0 Å². The monoisotopic (exact) mass is 352 g/mol. The van der Waals surface area contributed by atoms with E-state index in [0.29, 0.717) is 23.5 Å². The molecule has 0 bridgehead atoms. The molecule has 1 heterocycles. The first-order valence-corrected chi connectivity index (χ1v) is 10.2. The fourth-order valence-corrected chi connectivity index (χ4v) is 4.81. The summed E-state index contributed by atoms with van der Waals surface area (Å²) in [6.07, 6.45) is 9.05. The molecule has 6 nitrogen and oxygen atoms in total. The summed E-state index contributed by atoms with van der Waals surface area (Å²) < 4.78 is 11.4. The van der Waals surface area contributed by atoms with Crippen molar-refractivity contribution in [3.05, 3.63) is 0 Å². The summed E-state index contributed by atoms with van der Waals surface area (Å²) in [4.78, 5) is 7.01. The number of nitrogens with zero attached hydrogens (tertiary/aromatic N) is 2. The molecule has 3 N–H and O–H groups in total. The van der Waals surface area contributed by atoms with Crippen LogP contribution in [0.15, 0.2) is 4.99 Å². The summed E-state index contributed by atoms with van der Waals surface area (Å²) in [6, 6.07) is 0.437. The van der Waals surface area contributed by atoms with Crippen molar-refractivity contribution in [1.29, 1.82) is 0 Å². The van der Waals surface area contributed by atoms with Gasteiger partial charge in [0.2, 0.25) is 0 Å². The van der Waals surface area contributed by atoms with Crippen LogP contribution in [0, 0.1) is 5.41 Å².